The first-order valence-corrected chi connectivity index (χ1v) is 8.87. The van der Waals surface area contributed by atoms with Crippen molar-refractivity contribution in [1.29, 1.82) is 0 Å². The molecule has 1 aromatic carbocycles. The van der Waals surface area contributed by atoms with Crippen LogP contribution in [0.5, 0.6) is 0 Å². The van der Waals surface area contributed by atoms with E-state index in [1.807, 2.05) is 4.90 Å². The number of likely N-dealkylation sites (tertiary alicyclic amines) is 1. The van der Waals surface area contributed by atoms with Crippen LogP contribution in [-0.2, 0) is 0 Å². The molecule has 126 valence electrons. The molecule has 0 spiro atoms. The number of aliphatic hydroxyl groups is 1. The number of carbonyl (C=O) groups is 1. The van der Waals surface area contributed by atoms with Crippen LogP contribution in [0.1, 0.15) is 61.3 Å². The highest BCUT2D eigenvalue weighted by molar-refractivity contribution is 5.75. The maximum Gasteiger partial charge on any atom is 0.318 e. The molecule has 2 amide bonds. The molecule has 2 fully saturated rings. The van der Waals surface area contributed by atoms with Crippen molar-refractivity contribution < 1.29 is 9.90 Å². The van der Waals surface area contributed by atoms with Gasteiger partial charge in [0, 0.05) is 12.6 Å². The zero-order valence-corrected chi connectivity index (χ0v) is 14.2. The average Bonchev–Trinajstić information content (AvgIpc) is 3.02. The van der Waals surface area contributed by atoms with Gasteiger partial charge in [0.25, 0.3) is 0 Å². The number of nitrogens with one attached hydrogen (secondary N) is 1. The Balaban J connectivity index is 1.69. The van der Waals surface area contributed by atoms with Gasteiger partial charge in [0.2, 0.25) is 0 Å². The standard InChI is InChI=1S/C19H28N2O2/c1-13-5-3-6-17(14(13)2)18-7-4-12-21(18)19(23)20-15-8-10-16(22)11-9-15/h3,5-6,15-16,18,22H,4,7-12H2,1-2H3,(H,20,23). The molecule has 1 saturated heterocycles. The summed E-state index contributed by atoms with van der Waals surface area (Å²) in [5.41, 5.74) is 3.88. The number of hydrogen-bond donors (Lipinski definition) is 2. The molecular weight excluding hydrogens is 288 g/mol. The first kappa shape index (κ1) is 16.3. The summed E-state index contributed by atoms with van der Waals surface area (Å²) in [6.07, 6.45) is 5.29. The molecule has 1 unspecified atom stereocenters. The highest BCUT2D eigenvalue weighted by Crippen LogP contribution is 2.34. The van der Waals surface area contributed by atoms with E-state index < -0.39 is 0 Å². The number of carbonyl (C=O) groups excluding carboxylic acids is 1. The van der Waals surface area contributed by atoms with Gasteiger partial charge in [0.05, 0.1) is 12.1 Å². The third kappa shape index (κ3) is 3.52. The second-order valence-corrected chi connectivity index (χ2v) is 7.10. The van der Waals surface area contributed by atoms with Crippen LogP contribution >= 0.6 is 0 Å². The molecule has 3 rings (SSSR count). The summed E-state index contributed by atoms with van der Waals surface area (Å²) in [4.78, 5) is 14.7. The van der Waals surface area contributed by atoms with Gasteiger partial charge >= 0.3 is 6.03 Å². The van der Waals surface area contributed by atoms with E-state index in [4.69, 9.17) is 0 Å². The van der Waals surface area contributed by atoms with Gasteiger partial charge in [0.15, 0.2) is 0 Å². The molecule has 1 aliphatic carbocycles. The van der Waals surface area contributed by atoms with Crippen LogP contribution in [-0.4, -0.2) is 34.7 Å². The molecule has 0 bridgehead atoms. The summed E-state index contributed by atoms with van der Waals surface area (Å²) < 4.78 is 0. The van der Waals surface area contributed by atoms with Crippen LogP contribution < -0.4 is 5.32 Å². The second kappa shape index (κ2) is 6.91. The minimum absolute atomic E-state index is 0.0646. The van der Waals surface area contributed by atoms with E-state index in [-0.39, 0.29) is 24.2 Å². The number of benzene rings is 1. The number of hydrogen-bond acceptors (Lipinski definition) is 2. The number of aryl methyl sites for hydroxylation is 1. The van der Waals surface area contributed by atoms with Crippen molar-refractivity contribution in [3.63, 3.8) is 0 Å². The number of urea groups is 1. The molecule has 0 radical (unpaired) electrons. The van der Waals surface area contributed by atoms with E-state index in [1.165, 1.54) is 16.7 Å². The number of aliphatic hydroxyl groups excluding tert-OH is 1. The molecule has 1 heterocycles. The number of nitrogens with zero attached hydrogens (tertiary/aromatic N) is 1. The predicted octanol–water partition coefficient (Wildman–Crippen LogP) is 3.45. The number of amides is 2. The summed E-state index contributed by atoms with van der Waals surface area (Å²) in [5, 5.41) is 12.8. The topological polar surface area (TPSA) is 52.6 Å². The lowest BCUT2D eigenvalue weighted by atomic mass is 9.93. The Bertz CT molecular complexity index is 564. The summed E-state index contributed by atoms with van der Waals surface area (Å²) >= 11 is 0. The quantitative estimate of drug-likeness (QED) is 0.878. The first-order valence-electron chi connectivity index (χ1n) is 8.87. The fraction of sp³-hybridized carbons (Fsp3) is 0.632. The van der Waals surface area contributed by atoms with Gasteiger partial charge < -0.3 is 15.3 Å². The van der Waals surface area contributed by atoms with Gasteiger partial charge in [-0.05, 0) is 69.1 Å². The lowest BCUT2D eigenvalue weighted by Gasteiger charge is -2.31. The van der Waals surface area contributed by atoms with Crippen LogP contribution in [0, 0.1) is 13.8 Å². The van der Waals surface area contributed by atoms with Crippen molar-refractivity contribution in [3.05, 3.63) is 34.9 Å². The van der Waals surface area contributed by atoms with Crippen LogP contribution in [0.15, 0.2) is 18.2 Å². The van der Waals surface area contributed by atoms with Gasteiger partial charge in [0.1, 0.15) is 0 Å². The summed E-state index contributed by atoms with van der Waals surface area (Å²) in [5.74, 6) is 0. The van der Waals surface area contributed by atoms with E-state index >= 15 is 0 Å². The fourth-order valence-electron chi connectivity index (χ4n) is 3.95. The predicted molar refractivity (Wildman–Crippen MR) is 91.4 cm³/mol. The van der Waals surface area contributed by atoms with Crippen LogP contribution in [0.25, 0.3) is 0 Å². The average molecular weight is 316 g/mol. The summed E-state index contributed by atoms with van der Waals surface area (Å²) in [6, 6.07) is 6.86. The summed E-state index contributed by atoms with van der Waals surface area (Å²) in [6.45, 7) is 5.12. The Kier molecular flexibility index (Phi) is 4.90. The smallest absolute Gasteiger partial charge is 0.318 e. The van der Waals surface area contributed by atoms with Gasteiger partial charge in [-0.15, -0.1) is 0 Å². The largest absolute Gasteiger partial charge is 0.393 e. The molecule has 0 aromatic heterocycles. The lowest BCUT2D eigenvalue weighted by molar-refractivity contribution is 0.114. The SMILES string of the molecule is Cc1cccc(C2CCCN2C(=O)NC2CCC(O)CC2)c1C. The Morgan fingerprint density at radius 1 is 1.17 bits per heavy atom. The van der Waals surface area contributed by atoms with E-state index in [0.29, 0.717) is 0 Å². The van der Waals surface area contributed by atoms with E-state index in [9.17, 15) is 9.90 Å². The molecule has 1 atom stereocenters. The highest BCUT2D eigenvalue weighted by Gasteiger charge is 2.32. The monoisotopic (exact) mass is 316 g/mol. The maximum absolute atomic E-state index is 12.7. The maximum atomic E-state index is 12.7. The lowest BCUT2D eigenvalue weighted by Crippen LogP contribution is -2.46. The molecule has 1 aromatic rings. The Hall–Kier alpha value is -1.55. The normalized spacial score (nSPS) is 28.0. The minimum atomic E-state index is -0.183. The third-order valence-corrected chi connectivity index (χ3v) is 5.54. The van der Waals surface area contributed by atoms with Gasteiger partial charge in [-0.2, -0.15) is 0 Å². The van der Waals surface area contributed by atoms with Crippen LogP contribution in [0.4, 0.5) is 4.79 Å². The molecule has 4 heteroatoms. The first-order chi connectivity index (χ1) is 11.1. The van der Waals surface area contributed by atoms with Crippen molar-refractivity contribution >= 4 is 6.03 Å². The Morgan fingerprint density at radius 2 is 1.91 bits per heavy atom. The number of rotatable bonds is 2. The zero-order chi connectivity index (χ0) is 16.4. The highest BCUT2D eigenvalue weighted by atomic mass is 16.3. The Labute approximate surface area is 138 Å². The summed E-state index contributed by atoms with van der Waals surface area (Å²) in [7, 11) is 0. The molecule has 2 N–H and O–H groups in total. The zero-order valence-electron chi connectivity index (χ0n) is 14.2. The second-order valence-electron chi connectivity index (χ2n) is 7.10. The van der Waals surface area contributed by atoms with Crippen LogP contribution in [0.2, 0.25) is 0 Å². The molecule has 2 aliphatic rings. The van der Waals surface area contributed by atoms with Crippen molar-refractivity contribution in [2.24, 2.45) is 0 Å². The van der Waals surface area contributed by atoms with E-state index in [2.05, 4.69) is 37.4 Å². The van der Waals surface area contributed by atoms with Gasteiger partial charge in [-0.1, -0.05) is 18.2 Å². The fourth-order valence-corrected chi connectivity index (χ4v) is 3.95. The van der Waals surface area contributed by atoms with Crippen molar-refractivity contribution in [2.75, 3.05) is 6.54 Å². The Morgan fingerprint density at radius 3 is 2.65 bits per heavy atom. The minimum Gasteiger partial charge on any atom is -0.393 e. The molecule has 1 aliphatic heterocycles. The van der Waals surface area contributed by atoms with Gasteiger partial charge in [-0.25, -0.2) is 4.79 Å². The molecule has 1 saturated carbocycles. The van der Waals surface area contributed by atoms with Crippen molar-refractivity contribution in [2.45, 2.75) is 70.6 Å². The van der Waals surface area contributed by atoms with Crippen molar-refractivity contribution in [3.8, 4) is 0 Å². The van der Waals surface area contributed by atoms with Gasteiger partial charge in [-0.3, -0.25) is 0 Å². The van der Waals surface area contributed by atoms with Crippen LogP contribution in [0.3, 0.4) is 0 Å². The molecular formula is C19H28N2O2. The van der Waals surface area contributed by atoms with E-state index in [0.717, 1.165) is 45.1 Å². The molecule has 4 nitrogen and oxygen atoms in total. The third-order valence-electron chi connectivity index (χ3n) is 5.54. The van der Waals surface area contributed by atoms with E-state index in [1.54, 1.807) is 0 Å². The molecule has 23 heavy (non-hydrogen) atoms. The van der Waals surface area contributed by atoms with Crippen molar-refractivity contribution in [1.82, 2.24) is 10.2 Å².